The van der Waals surface area contributed by atoms with Gasteiger partial charge in [0.25, 0.3) is 0 Å². The first kappa shape index (κ1) is 16.1. The van der Waals surface area contributed by atoms with Gasteiger partial charge in [-0.15, -0.1) is 0 Å². The lowest BCUT2D eigenvalue weighted by molar-refractivity contribution is -0.120. The van der Waals surface area contributed by atoms with Gasteiger partial charge in [0.1, 0.15) is 5.75 Å². The second kappa shape index (κ2) is 8.26. The number of carbonyl (C=O) groups is 1. The summed E-state index contributed by atoms with van der Waals surface area (Å²) in [6, 6.07) is 8.16. The first-order valence-electron chi connectivity index (χ1n) is 7.65. The van der Waals surface area contributed by atoms with Crippen molar-refractivity contribution in [2.75, 3.05) is 20.2 Å². The van der Waals surface area contributed by atoms with Gasteiger partial charge in [-0.3, -0.25) is 4.79 Å². The minimum Gasteiger partial charge on any atom is -0.497 e. The molecule has 1 saturated carbocycles. The highest BCUT2D eigenvalue weighted by Crippen LogP contribution is 2.18. The number of benzene rings is 1. The van der Waals surface area contributed by atoms with Gasteiger partial charge in [0, 0.05) is 12.6 Å². The molecule has 1 aliphatic rings. The Morgan fingerprint density at radius 3 is 2.59 bits per heavy atom. The van der Waals surface area contributed by atoms with Crippen LogP contribution in [0.4, 0.5) is 0 Å². The van der Waals surface area contributed by atoms with Gasteiger partial charge >= 0.3 is 0 Å². The molecule has 1 amide bonds. The van der Waals surface area contributed by atoms with Crippen molar-refractivity contribution in [3.8, 4) is 5.75 Å². The number of aliphatic imine (C=N–C) groups is 1. The lowest BCUT2D eigenvalue weighted by Gasteiger charge is -2.11. The van der Waals surface area contributed by atoms with Crippen LogP contribution in [0.15, 0.2) is 29.3 Å². The van der Waals surface area contributed by atoms with E-state index < -0.39 is 0 Å². The number of amides is 1. The number of methoxy groups -OCH3 is 1. The van der Waals surface area contributed by atoms with Crippen molar-refractivity contribution in [1.82, 2.24) is 16.0 Å². The molecule has 1 fully saturated rings. The molecule has 1 aromatic rings. The molecule has 0 heterocycles. The molecule has 3 N–H and O–H groups in total. The third kappa shape index (κ3) is 5.63. The Kier molecular flexibility index (Phi) is 6.06. The van der Waals surface area contributed by atoms with Gasteiger partial charge in [-0.05, 0) is 37.5 Å². The highest BCUT2D eigenvalue weighted by molar-refractivity contribution is 5.86. The van der Waals surface area contributed by atoms with E-state index in [4.69, 9.17) is 4.74 Å². The quantitative estimate of drug-likeness (QED) is 0.519. The van der Waals surface area contributed by atoms with Crippen LogP contribution in [0, 0.1) is 0 Å². The van der Waals surface area contributed by atoms with Crippen molar-refractivity contribution in [1.29, 1.82) is 0 Å². The van der Waals surface area contributed by atoms with Gasteiger partial charge in [-0.2, -0.15) is 0 Å². The Morgan fingerprint density at radius 2 is 2.00 bits per heavy atom. The Labute approximate surface area is 131 Å². The summed E-state index contributed by atoms with van der Waals surface area (Å²) in [5.74, 6) is 1.48. The van der Waals surface area contributed by atoms with Gasteiger partial charge in [0.2, 0.25) is 5.91 Å². The molecule has 2 rings (SSSR count). The molecule has 1 aliphatic carbocycles. The van der Waals surface area contributed by atoms with E-state index >= 15 is 0 Å². The fourth-order valence-corrected chi connectivity index (χ4v) is 1.91. The second-order valence-corrected chi connectivity index (χ2v) is 5.24. The number of hydrogen-bond donors (Lipinski definition) is 3. The van der Waals surface area contributed by atoms with Crippen molar-refractivity contribution in [2.24, 2.45) is 4.99 Å². The van der Waals surface area contributed by atoms with Crippen LogP contribution >= 0.6 is 0 Å². The Balaban J connectivity index is 1.83. The number of carbonyl (C=O) groups excluding carboxylic acids is 1. The fourth-order valence-electron chi connectivity index (χ4n) is 1.91. The SMILES string of the molecule is CCNC(=NCc1ccc(OC)cc1)NCC(=O)NC1CC1. The molecular weight excluding hydrogens is 280 g/mol. The molecule has 1 aromatic carbocycles. The smallest absolute Gasteiger partial charge is 0.239 e. The minimum absolute atomic E-state index is 0.0116. The maximum absolute atomic E-state index is 11.7. The summed E-state index contributed by atoms with van der Waals surface area (Å²) in [6.45, 7) is 3.53. The first-order chi connectivity index (χ1) is 10.7. The third-order valence-corrected chi connectivity index (χ3v) is 3.28. The normalized spacial score (nSPS) is 14.4. The monoisotopic (exact) mass is 304 g/mol. The summed E-state index contributed by atoms with van der Waals surface area (Å²) in [5, 5.41) is 9.12. The van der Waals surface area contributed by atoms with Crippen LogP contribution in [0.1, 0.15) is 25.3 Å². The largest absolute Gasteiger partial charge is 0.497 e. The molecule has 0 radical (unpaired) electrons. The van der Waals surface area contributed by atoms with Crippen molar-refractivity contribution >= 4 is 11.9 Å². The molecule has 0 unspecified atom stereocenters. The lowest BCUT2D eigenvalue weighted by atomic mass is 10.2. The lowest BCUT2D eigenvalue weighted by Crippen LogP contribution is -2.43. The number of rotatable bonds is 7. The van der Waals surface area contributed by atoms with Gasteiger partial charge in [-0.25, -0.2) is 4.99 Å². The molecule has 120 valence electrons. The number of nitrogens with zero attached hydrogens (tertiary/aromatic N) is 1. The van der Waals surface area contributed by atoms with E-state index in [0.717, 1.165) is 30.7 Å². The summed E-state index contributed by atoms with van der Waals surface area (Å²) in [6.07, 6.45) is 2.19. The minimum atomic E-state index is 0.0116. The van der Waals surface area contributed by atoms with Gasteiger partial charge < -0.3 is 20.7 Å². The van der Waals surface area contributed by atoms with Crippen molar-refractivity contribution in [2.45, 2.75) is 32.4 Å². The molecule has 0 atom stereocenters. The first-order valence-corrected chi connectivity index (χ1v) is 7.65. The second-order valence-electron chi connectivity index (χ2n) is 5.24. The topological polar surface area (TPSA) is 74.8 Å². The van der Waals surface area contributed by atoms with Gasteiger partial charge in [-0.1, -0.05) is 12.1 Å². The van der Waals surface area contributed by atoms with E-state index in [1.807, 2.05) is 31.2 Å². The highest BCUT2D eigenvalue weighted by Gasteiger charge is 2.22. The molecule has 22 heavy (non-hydrogen) atoms. The number of nitrogens with one attached hydrogen (secondary N) is 3. The van der Waals surface area contributed by atoms with Crippen LogP contribution in [-0.4, -0.2) is 38.1 Å². The zero-order chi connectivity index (χ0) is 15.8. The predicted octanol–water partition coefficient (Wildman–Crippen LogP) is 1.03. The van der Waals surface area contributed by atoms with E-state index in [1.165, 1.54) is 0 Å². The summed E-state index contributed by atoms with van der Waals surface area (Å²) in [4.78, 5) is 16.2. The molecule has 0 aromatic heterocycles. The van der Waals surface area contributed by atoms with E-state index in [0.29, 0.717) is 18.5 Å². The van der Waals surface area contributed by atoms with E-state index in [2.05, 4.69) is 20.9 Å². The Bertz CT molecular complexity index is 509. The highest BCUT2D eigenvalue weighted by atomic mass is 16.5. The fraction of sp³-hybridized carbons (Fsp3) is 0.500. The zero-order valence-electron chi connectivity index (χ0n) is 13.2. The van der Waals surface area contributed by atoms with Crippen LogP contribution in [0.2, 0.25) is 0 Å². The number of ether oxygens (including phenoxy) is 1. The molecule has 0 saturated heterocycles. The van der Waals surface area contributed by atoms with E-state index in [9.17, 15) is 4.79 Å². The van der Waals surface area contributed by atoms with E-state index in [1.54, 1.807) is 7.11 Å². The average molecular weight is 304 g/mol. The van der Waals surface area contributed by atoms with Gasteiger partial charge in [0.15, 0.2) is 5.96 Å². The van der Waals surface area contributed by atoms with Crippen LogP contribution in [0.25, 0.3) is 0 Å². The molecule has 0 spiro atoms. The summed E-state index contributed by atoms with van der Waals surface area (Å²) in [5.41, 5.74) is 1.08. The van der Waals surface area contributed by atoms with Crippen molar-refractivity contribution < 1.29 is 9.53 Å². The van der Waals surface area contributed by atoms with Crippen LogP contribution in [0.5, 0.6) is 5.75 Å². The Morgan fingerprint density at radius 1 is 1.27 bits per heavy atom. The van der Waals surface area contributed by atoms with E-state index in [-0.39, 0.29) is 12.5 Å². The van der Waals surface area contributed by atoms with Crippen LogP contribution < -0.4 is 20.7 Å². The maximum Gasteiger partial charge on any atom is 0.239 e. The van der Waals surface area contributed by atoms with Crippen LogP contribution in [-0.2, 0) is 11.3 Å². The molecular formula is C16H24N4O2. The summed E-state index contributed by atoms with van der Waals surface area (Å²) < 4.78 is 5.13. The molecule has 0 bridgehead atoms. The molecule has 6 nitrogen and oxygen atoms in total. The molecule has 0 aliphatic heterocycles. The Hall–Kier alpha value is -2.24. The number of hydrogen-bond acceptors (Lipinski definition) is 3. The zero-order valence-corrected chi connectivity index (χ0v) is 13.2. The number of guanidine groups is 1. The average Bonchev–Trinajstić information content (AvgIpc) is 3.34. The third-order valence-electron chi connectivity index (χ3n) is 3.28. The predicted molar refractivity (Wildman–Crippen MR) is 87.0 cm³/mol. The van der Waals surface area contributed by atoms with Gasteiger partial charge in [0.05, 0.1) is 20.2 Å². The van der Waals surface area contributed by atoms with Crippen LogP contribution in [0.3, 0.4) is 0 Å². The standard InChI is InChI=1S/C16H24N4O2/c1-3-17-16(19-11-15(21)20-13-6-7-13)18-10-12-4-8-14(22-2)9-5-12/h4-5,8-9,13H,3,6-7,10-11H2,1-2H3,(H,20,21)(H2,17,18,19). The summed E-state index contributed by atoms with van der Waals surface area (Å²) in [7, 11) is 1.65. The maximum atomic E-state index is 11.7. The van der Waals surface area contributed by atoms with Crippen molar-refractivity contribution in [3.05, 3.63) is 29.8 Å². The summed E-state index contributed by atoms with van der Waals surface area (Å²) >= 11 is 0. The van der Waals surface area contributed by atoms with Crippen molar-refractivity contribution in [3.63, 3.8) is 0 Å². The molecule has 6 heteroatoms.